The highest BCUT2D eigenvalue weighted by molar-refractivity contribution is 5.66. The SMILES string of the molecule is Nc1c(F)cccc1NCCn1cccn1. The Morgan fingerprint density at radius 3 is 3.00 bits per heavy atom. The van der Waals surface area contributed by atoms with E-state index >= 15 is 0 Å². The Morgan fingerprint density at radius 1 is 1.38 bits per heavy atom. The maximum atomic E-state index is 13.1. The first kappa shape index (κ1) is 10.5. The molecule has 1 aromatic carbocycles. The smallest absolute Gasteiger partial charge is 0.148 e. The average Bonchev–Trinajstić information content (AvgIpc) is 2.77. The second-order valence-corrected chi connectivity index (χ2v) is 3.40. The number of aromatic nitrogens is 2. The number of hydrogen-bond acceptors (Lipinski definition) is 3. The molecule has 5 heteroatoms. The summed E-state index contributed by atoms with van der Waals surface area (Å²) in [6.07, 6.45) is 3.59. The van der Waals surface area contributed by atoms with E-state index in [0.717, 1.165) is 0 Å². The summed E-state index contributed by atoms with van der Waals surface area (Å²) in [6, 6.07) is 6.58. The van der Waals surface area contributed by atoms with E-state index in [1.54, 1.807) is 23.0 Å². The highest BCUT2D eigenvalue weighted by atomic mass is 19.1. The molecular weight excluding hydrogens is 207 g/mol. The van der Waals surface area contributed by atoms with E-state index in [9.17, 15) is 4.39 Å². The van der Waals surface area contributed by atoms with E-state index in [1.807, 2.05) is 12.3 Å². The summed E-state index contributed by atoms with van der Waals surface area (Å²) in [5.41, 5.74) is 6.36. The summed E-state index contributed by atoms with van der Waals surface area (Å²) in [5.74, 6) is -0.399. The number of anilines is 2. The van der Waals surface area contributed by atoms with E-state index in [2.05, 4.69) is 10.4 Å². The number of nitrogens with one attached hydrogen (secondary N) is 1. The molecule has 1 aromatic heterocycles. The Balaban J connectivity index is 1.92. The molecule has 0 fully saturated rings. The molecule has 0 saturated heterocycles. The maximum Gasteiger partial charge on any atom is 0.148 e. The van der Waals surface area contributed by atoms with Crippen LogP contribution in [0.5, 0.6) is 0 Å². The minimum absolute atomic E-state index is 0.156. The van der Waals surface area contributed by atoms with Crippen molar-refractivity contribution in [3.63, 3.8) is 0 Å². The zero-order valence-corrected chi connectivity index (χ0v) is 8.73. The molecule has 0 unspecified atom stereocenters. The standard InChI is InChI=1S/C11H13FN4/c12-9-3-1-4-10(11(9)13)14-6-8-16-7-2-5-15-16/h1-5,7,14H,6,8,13H2. The fourth-order valence-electron chi connectivity index (χ4n) is 1.43. The van der Waals surface area contributed by atoms with Gasteiger partial charge in [0.2, 0.25) is 0 Å². The topological polar surface area (TPSA) is 55.9 Å². The molecule has 0 amide bonds. The van der Waals surface area contributed by atoms with Crippen molar-refractivity contribution in [2.75, 3.05) is 17.6 Å². The number of nitrogen functional groups attached to an aromatic ring is 1. The van der Waals surface area contributed by atoms with Gasteiger partial charge in [-0.1, -0.05) is 6.07 Å². The molecule has 0 aliphatic carbocycles. The normalized spacial score (nSPS) is 10.3. The summed E-state index contributed by atoms with van der Waals surface area (Å²) < 4.78 is 14.9. The van der Waals surface area contributed by atoms with Crippen molar-refractivity contribution in [3.05, 3.63) is 42.5 Å². The van der Waals surface area contributed by atoms with Crippen LogP contribution in [0.4, 0.5) is 15.8 Å². The van der Waals surface area contributed by atoms with Crippen LogP contribution >= 0.6 is 0 Å². The number of benzene rings is 1. The summed E-state index contributed by atoms with van der Waals surface area (Å²) in [4.78, 5) is 0. The van der Waals surface area contributed by atoms with Crippen LogP contribution in [0, 0.1) is 5.82 Å². The number of halogens is 1. The average molecular weight is 220 g/mol. The van der Waals surface area contributed by atoms with Crippen LogP contribution in [-0.4, -0.2) is 16.3 Å². The number of nitrogens with zero attached hydrogens (tertiary/aromatic N) is 2. The van der Waals surface area contributed by atoms with Crippen molar-refractivity contribution in [3.8, 4) is 0 Å². The first-order valence-electron chi connectivity index (χ1n) is 5.02. The van der Waals surface area contributed by atoms with Gasteiger partial charge in [-0.25, -0.2) is 4.39 Å². The van der Waals surface area contributed by atoms with E-state index in [-0.39, 0.29) is 5.69 Å². The summed E-state index contributed by atoms with van der Waals surface area (Å²) in [7, 11) is 0. The van der Waals surface area contributed by atoms with Gasteiger partial charge in [0.15, 0.2) is 0 Å². The minimum Gasteiger partial charge on any atom is -0.395 e. The van der Waals surface area contributed by atoms with Crippen LogP contribution in [0.15, 0.2) is 36.7 Å². The van der Waals surface area contributed by atoms with Crippen LogP contribution in [-0.2, 0) is 6.54 Å². The third-order valence-electron chi connectivity index (χ3n) is 2.27. The number of rotatable bonds is 4. The summed E-state index contributed by atoms with van der Waals surface area (Å²) in [5, 5.41) is 7.12. The van der Waals surface area contributed by atoms with Gasteiger partial charge in [0.1, 0.15) is 5.82 Å². The third kappa shape index (κ3) is 2.31. The molecule has 84 valence electrons. The molecule has 0 saturated carbocycles. The molecule has 3 N–H and O–H groups in total. The van der Waals surface area contributed by atoms with Gasteiger partial charge >= 0.3 is 0 Å². The Morgan fingerprint density at radius 2 is 2.25 bits per heavy atom. The second kappa shape index (κ2) is 4.65. The van der Waals surface area contributed by atoms with Gasteiger partial charge in [0, 0.05) is 18.9 Å². The Hall–Kier alpha value is -2.04. The molecule has 0 spiro atoms. The van der Waals surface area contributed by atoms with Gasteiger partial charge in [-0.3, -0.25) is 4.68 Å². The first-order chi connectivity index (χ1) is 7.77. The van der Waals surface area contributed by atoms with Crippen molar-refractivity contribution in [1.82, 2.24) is 9.78 Å². The molecule has 4 nitrogen and oxygen atoms in total. The van der Waals surface area contributed by atoms with Gasteiger partial charge in [-0.15, -0.1) is 0 Å². The lowest BCUT2D eigenvalue weighted by Gasteiger charge is -2.09. The van der Waals surface area contributed by atoms with Crippen LogP contribution in [0.1, 0.15) is 0 Å². The fraction of sp³-hybridized carbons (Fsp3) is 0.182. The third-order valence-corrected chi connectivity index (χ3v) is 2.27. The molecular formula is C11H13FN4. The highest BCUT2D eigenvalue weighted by Crippen LogP contribution is 2.20. The van der Waals surface area contributed by atoms with Gasteiger partial charge in [-0.2, -0.15) is 5.10 Å². The fourth-order valence-corrected chi connectivity index (χ4v) is 1.43. The van der Waals surface area contributed by atoms with Crippen LogP contribution < -0.4 is 11.1 Å². The van der Waals surface area contributed by atoms with Crippen molar-refractivity contribution < 1.29 is 4.39 Å². The molecule has 0 radical (unpaired) electrons. The van der Waals surface area contributed by atoms with Gasteiger partial charge in [0.05, 0.1) is 17.9 Å². The van der Waals surface area contributed by atoms with E-state index in [4.69, 9.17) is 5.73 Å². The van der Waals surface area contributed by atoms with Crippen LogP contribution in [0.2, 0.25) is 0 Å². The number of hydrogen-bond donors (Lipinski definition) is 2. The minimum atomic E-state index is -0.399. The highest BCUT2D eigenvalue weighted by Gasteiger charge is 2.02. The Kier molecular flexibility index (Phi) is 3.05. The molecule has 0 atom stereocenters. The number of nitrogens with two attached hydrogens (primary N) is 1. The predicted octanol–water partition coefficient (Wildman–Crippen LogP) is 1.72. The second-order valence-electron chi connectivity index (χ2n) is 3.40. The lowest BCUT2D eigenvalue weighted by Crippen LogP contribution is -2.12. The van der Waals surface area contributed by atoms with E-state index < -0.39 is 5.82 Å². The predicted molar refractivity (Wildman–Crippen MR) is 61.5 cm³/mol. The lowest BCUT2D eigenvalue weighted by atomic mass is 10.2. The summed E-state index contributed by atoms with van der Waals surface area (Å²) in [6.45, 7) is 1.36. The zero-order chi connectivity index (χ0) is 11.4. The quantitative estimate of drug-likeness (QED) is 0.771. The Labute approximate surface area is 92.9 Å². The van der Waals surface area contributed by atoms with Crippen molar-refractivity contribution in [1.29, 1.82) is 0 Å². The number of para-hydroxylation sites is 1. The molecule has 0 aliphatic heterocycles. The molecule has 1 heterocycles. The molecule has 2 aromatic rings. The molecule has 2 rings (SSSR count). The van der Waals surface area contributed by atoms with E-state index in [1.165, 1.54) is 6.07 Å². The van der Waals surface area contributed by atoms with E-state index in [0.29, 0.717) is 18.8 Å². The largest absolute Gasteiger partial charge is 0.395 e. The van der Waals surface area contributed by atoms with Gasteiger partial charge < -0.3 is 11.1 Å². The first-order valence-corrected chi connectivity index (χ1v) is 5.02. The zero-order valence-electron chi connectivity index (χ0n) is 8.73. The molecule has 16 heavy (non-hydrogen) atoms. The van der Waals surface area contributed by atoms with Crippen LogP contribution in [0.3, 0.4) is 0 Å². The molecule has 0 aliphatic rings. The van der Waals surface area contributed by atoms with Crippen molar-refractivity contribution >= 4 is 11.4 Å². The van der Waals surface area contributed by atoms with Crippen molar-refractivity contribution in [2.24, 2.45) is 0 Å². The Bertz CT molecular complexity index is 453. The maximum absolute atomic E-state index is 13.1. The molecule has 0 bridgehead atoms. The lowest BCUT2D eigenvalue weighted by molar-refractivity contribution is 0.629. The monoisotopic (exact) mass is 220 g/mol. The van der Waals surface area contributed by atoms with Crippen molar-refractivity contribution in [2.45, 2.75) is 6.54 Å². The summed E-state index contributed by atoms with van der Waals surface area (Å²) >= 11 is 0. The van der Waals surface area contributed by atoms with Gasteiger partial charge in [0.25, 0.3) is 0 Å². The van der Waals surface area contributed by atoms with Gasteiger partial charge in [-0.05, 0) is 18.2 Å². The van der Waals surface area contributed by atoms with Crippen LogP contribution in [0.25, 0.3) is 0 Å².